The van der Waals surface area contributed by atoms with Crippen LogP contribution < -0.4 is 0 Å². The Labute approximate surface area is 73.8 Å². The molecule has 2 nitrogen and oxygen atoms in total. The van der Waals surface area contributed by atoms with Crippen LogP contribution in [0.15, 0.2) is 24.8 Å². The first-order chi connectivity index (χ1) is 5.81. The zero-order valence-electron chi connectivity index (χ0n) is 7.89. The lowest BCUT2D eigenvalue weighted by Gasteiger charge is -1.77. The maximum absolute atomic E-state index is 9.50. The third kappa shape index (κ3) is 23.3. The molecule has 3 heteroatoms. The zero-order valence-corrected chi connectivity index (χ0v) is 7.89. The van der Waals surface area contributed by atoms with Gasteiger partial charge in [0, 0.05) is 6.21 Å². The van der Waals surface area contributed by atoms with Gasteiger partial charge in [0.1, 0.15) is 0 Å². The first-order valence-corrected chi connectivity index (χ1v) is 3.57. The van der Waals surface area contributed by atoms with Gasteiger partial charge < -0.3 is 5.41 Å². The SMILES string of the molecule is C=C/C=C\C(=N)C=N.CC.CF. The fourth-order valence-corrected chi connectivity index (χ4v) is 0.220. The lowest BCUT2D eigenvalue weighted by molar-refractivity contribution is 0.636. The van der Waals surface area contributed by atoms with Crippen molar-refractivity contribution in [3.63, 3.8) is 0 Å². The van der Waals surface area contributed by atoms with Crippen molar-refractivity contribution in [2.24, 2.45) is 0 Å². The molecule has 0 heterocycles. The summed E-state index contributed by atoms with van der Waals surface area (Å²) >= 11 is 0. The Morgan fingerprint density at radius 3 is 2.00 bits per heavy atom. The molecule has 0 radical (unpaired) electrons. The van der Waals surface area contributed by atoms with E-state index >= 15 is 0 Å². The van der Waals surface area contributed by atoms with Crippen molar-refractivity contribution < 1.29 is 4.39 Å². The number of rotatable bonds is 3. The normalized spacial score (nSPS) is 7.00. The smallest absolute Gasteiger partial charge is 0.0785 e. The first-order valence-electron chi connectivity index (χ1n) is 3.57. The van der Waals surface area contributed by atoms with Gasteiger partial charge in [-0.3, -0.25) is 9.80 Å². The van der Waals surface area contributed by atoms with Crippen molar-refractivity contribution in [2.75, 3.05) is 7.18 Å². The minimum Gasteiger partial charge on any atom is -0.307 e. The second-order valence-corrected chi connectivity index (χ2v) is 1.19. The van der Waals surface area contributed by atoms with Gasteiger partial charge >= 0.3 is 0 Å². The zero-order chi connectivity index (χ0) is 10.4. The van der Waals surface area contributed by atoms with Crippen LogP contribution in [0.3, 0.4) is 0 Å². The summed E-state index contributed by atoms with van der Waals surface area (Å²) in [5.74, 6) is 0. The molecule has 0 rings (SSSR count). The van der Waals surface area contributed by atoms with Crippen LogP contribution in [0.2, 0.25) is 0 Å². The van der Waals surface area contributed by atoms with E-state index in [4.69, 9.17) is 10.8 Å². The predicted molar refractivity (Wildman–Crippen MR) is 54.2 cm³/mol. The average Bonchev–Trinajstić information content (AvgIpc) is 2.20. The highest BCUT2D eigenvalue weighted by atomic mass is 19.1. The van der Waals surface area contributed by atoms with Gasteiger partial charge in [-0.2, -0.15) is 0 Å². The van der Waals surface area contributed by atoms with E-state index in [0.717, 1.165) is 6.21 Å². The second kappa shape index (κ2) is 22.6. The van der Waals surface area contributed by atoms with E-state index in [1.807, 2.05) is 13.8 Å². The predicted octanol–water partition coefficient (Wildman–Crippen LogP) is 3.01. The van der Waals surface area contributed by atoms with E-state index in [9.17, 15) is 4.39 Å². The van der Waals surface area contributed by atoms with Crippen molar-refractivity contribution in [1.29, 1.82) is 10.8 Å². The highest BCUT2D eigenvalue weighted by Gasteiger charge is 1.75. The fourth-order valence-electron chi connectivity index (χ4n) is 0.220. The Morgan fingerprint density at radius 2 is 1.75 bits per heavy atom. The molecule has 0 aliphatic rings. The number of halogens is 1. The molecule has 12 heavy (non-hydrogen) atoms. The van der Waals surface area contributed by atoms with Crippen LogP contribution in [0.1, 0.15) is 13.8 Å². The first kappa shape index (κ1) is 17.0. The third-order valence-electron chi connectivity index (χ3n) is 0.567. The maximum Gasteiger partial charge on any atom is 0.0785 e. The van der Waals surface area contributed by atoms with Gasteiger partial charge in [0.25, 0.3) is 0 Å². The molecule has 0 saturated heterocycles. The summed E-state index contributed by atoms with van der Waals surface area (Å²) in [6.45, 7) is 7.41. The Hall–Kier alpha value is -1.25. The average molecular weight is 172 g/mol. The Balaban J connectivity index is -0.000000175. The second-order valence-electron chi connectivity index (χ2n) is 1.19. The highest BCUT2D eigenvalue weighted by molar-refractivity contribution is 6.33. The van der Waals surface area contributed by atoms with Gasteiger partial charge in [0.05, 0.1) is 12.9 Å². The molecule has 0 aliphatic heterocycles. The van der Waals surface area contributed by atoms with Gasteiger partial charge in [-0.25, -0.2) is 0 Å². The fraction of sp³-hybridized carbons (Fsp3) is 0.333. The van der Waals surface area contributed by atoms with Crippen molar-refractivity contribution in [3.05, 3.63) is 24.8 Å². The summed E-state index contributed by atoms with van der Waals surface area (Å²) in [5, 5.41) is 13.4. The Morgan fingerprint density at radius 1 is 1.33 bits per heavy atom. The summed E-state index contributed by atoms with van der Waals surface area (Å²) < 4.78 is 9.50. The standard InChI is InChI=1S/C6H8N2.C2H6.CH3F/c1-2-3-4-6(8)5-7;2*1-2/h2-5,7-8H,1H2;1-2H3;1H3/b4-3-,7-5?,8-6?;;. The van der Waals surface area contributed by atoms with Crippen LogP contribution in [0.5, 0.6) is 0 Å². The number of hydrogen-bond acceptors (Lipinski definition) is 2. The maximum atomic E-state index is 9.50. The summed E-state index contributed by atoms with van der Waals surface area (Å²) in [6.07, 6.45) is 5.66. The molecular weight excluding hydrogens is 155 g/mol. The number of alkyl halides is 1. The van der Waals surface area contributed by atoms with Gasteiger partial charge in [0.15, 0.2) is 0 Å². The molecule has 0 amide bonds. The molecule has 0 atom stereocenters. The molecule has 0 unspecified atom stereocenters. The van der Waals surface area contributed by atoms with Crippen LogP contribution in [-0.2, 0) is 0 Å². The Kier molecular flexibility index (Phi) is 32.0. The molecular formula is C9H17FN2. The molecule has 0 aromatic rings. The van der Waals surface area contributed by atoms with Crippen LogP contribution >= 0.6 is 0 Å². The molecule has 0 saturated carbocycles. The van der Waals surface area contributed by atoms with Crippen LogP contribution in [-0.4, -0.2) is 19.1 Å². The van der Waals surface area contributed by atoms with Crippen molar-refractivity contribution >= 4 is 11.9 Å². The van der Waals surface area contributed by atoms with E-state index in [1.54, 1.807) is 12.2 Å². The Bertz CT molecular complexity index is 139. The van der Waals surface area contributed by atoms with E-state index < -0.39 is 0 Å². The van der Waals surface area contributed by atoms with Gasteiger partial charge in [-0.05, 0) is 6.08 Å². The van der Waals surface area contributed by atoms with Gasteiger partial charge in [-0.1, -0.05) is 32.6 Å². The summed E-state index contributed by atoms with van der Waals surface area (Å²) in [5.41, 5.74) is 0.185. The van der Waals surface area contributed by atoms with Gasteiger partial charge in [0.2, 0.25) is 0 Å². The minimum atomic E-state index is 0.185. The molecule has 2 N–H and O–H groups in total. The molecule has 0 spiro atoms. The molecule has 0 aliphatic carbocycles. The van der Waals surface area contributed by atoms with Crippen molar-refractivity contribution in [1.82, 2.24) is 0 Å². The van der Waals surface area contributed by atoms with E-state index in [1.165, 1.54) is 6.08 Å². The molecule has 0 bridgehead atoms. The van der Waals surface area contributed by atoms with Crippen molar-refractivity contribution in [3.8, 4) is 0 Å². The third-order valence-corrected chi connectivity index (χ3v) is 0.567. The molecule has 70 valence electrons. The van der Waals surface area contributed by atoms with Crippen molar-refractivity contribution in [2.45, 2.75) is 13.8 Å². The van der Waals surface area contributed by atoms with Gasteiger partial charge in [-0.15, -0.1) is 0 Å². The summed E-state index contributed by atoms with van der Waals surface area (Å²) in [6, 6.07) is 0. The monoisotopic (exact) mass is 172 g/mol. The number of nitrogens with one attached hydrogen (secondary N) is 2. The molecule has 0 fully saturated rings. The number of allylic oxidation sites excluding steroid dienone is 3. The summed E-state index contributed by atoms with van der Waals surface area (Å²) in [4.78, 5) is 0. The summed E-state index contributed by atoms with van der Waals surface area (Å²) in [7, 11) is 0.500. The largest absolute Gasteiger partial charge is 0.307 e. The highest BCUT2D eigenvalue weighted by Crippen LogP contribution is 1.72. The lowest BCUT2D eigenvalue weighted by atomic mass is 10.3. The van der Waals surface area contributed by atoms with Crippen LogP contribution in [0, 0.1) is 10.8 Å². The van der Waals surface area contributed by atoms with E-state index in [-0.39, 0.29) is 5.71 Å². The molecule has 0 aromatic heterocycles. The minimum absolute atomic E-state index is 0.185. The van der Waals surface area contributed by atoms with E-state index in [0.29, 0.717) is 7.18 Å². The number of hydrogen-bond donors (Lipinski definition) is 2. The lowest BCUT2D eigenvalue weighted by Crippen LogP contribution is -1.87. The van der Waals surface area contributed by atoms with Crippen LogP contribution in [0.25, 0.3) is 0 Å². The quantitative estimate of drug-likeness (QED) is 0.485. The van der Waals surface area contributed by atoms with Crippen LogP contribution in [0.4, 0.5) is 4.39 Å². The topological polar surface area (TPSA) is 47.7 Å². The van der Waals surface area contributed by atoms with E-state index in [2.05, 4.69) is 6.58 Å². The molecule has 0 aromatic carbocycles.